The molecule has 0 aromatic heterocycles. The first-order valence-electron chi connectivity index (χ1n) is 4.60. The van der Waals surface area contributed by atoms with Crippen LogP contribution in [0, 0.1) is 0 Å². The number of thiocarbonyl (C=S) groups is 1. The predicted molar refractivity (Wildman–Crippen MR) is 59.4 cm³/mol. The smallest absolute Gasteiger partial charge is 0.259 e. The van der Waals surface area contributed by atoms with Gasteiger partial charge in [-0.25, -0.2) is 0 Å². The molecule has 0 saturated heterocycles. The molecule has 1 aliphatic rings. The maximum Gasteiger partial charge on any atom is 0.259 e. The number of benzene rings is 1. The SMILES string of the molecule is CC(C)N1C(=O)c2ccccc2C1=S. The van der Waals surface area contributed by atoms with Gasteiger partial charge in [0.25, 0.3) is 5.91 Å². The van der Waals surface area contributed by atoms with Gasteiger partial charge < -0.3 is 0 Å². The maximum absolute atomic E-state index is 11.9. The summed E-state index contributed by atoms with van der Waals surface area (Å²) in [6.45, 7) is 3.94. The molecule has 0 radical (unpaired) electrons. The lowest BCUT2D eigenvalue weighted by atomic mass is 10.1. The van der Waals surface area contributed by atoms with E-state index in [1.807, 2.05) is 38.1 Å². The van der Waals surface area contributed by atoms with Gasteiger partial charge >= 0.3 is 0 Å². The number of carbonyl (C=O) groups is 1. The van der Waals surface area contributed by atoms with Crippen LogP contribution in [0.1, 0.15) is 29.8 Å². The lowest BCUT2D eigenvalue weighted by molar-refractivity contribution is 0.0835. The van der Waals surface area contributed by atoms with E-state index >= 15 is 0 Å². The summed E-state index contributed by atoms with van der Waals surface area (Å²) in [6, 6.07) is 7.62. The molecule has 1 amide bonds. The molecule has 1 aromatic rings. The van der Waals surface area contributed by atoms with Crippen LogP contribution in [-0.2, 0) is 0 Å². The summed E-state index contributed by atoms with van der Waals surface area (Å²) in [5.74, 6) is 0.0283. The molecule has 0 unspecified atom stereocenters. The minimum absolute atomic E-state index is 0.0283. The van der Waals surface area contributed by atoms with Gasteiger partial charge in [-0.05, 0) is 19.9 Å². The van der Waals surface area contributed by atoms with Gasteiger partial charge in [0.15, 0.2) is 0 Å². The van der Waals surface area contributed by atoms with Gasteiger partial charge in [0, 0.05) is 11.6 Å². The molecule has 1 aromatic carbocycles. The van der Waals surface area contributed by atoms with E-state index in [1.54, 1.807) is 4.90 Å². The van der Waals surface area contributed by atoms with Crippen molar-refractivity contribution in [2.75, 3.05) is 0 Å². The van der Waals surface area contributed by atoms with Crippen LogP contribution < -0.4 is 0 Å². The monoisotopic (exact) mass is 205 g/mol. The third-order valence-corrected chi connectivity index (χ3v) is 2.76. The Bertz CT molecular complexity index is 377. The molecule has 0 atom stereocenters. The molecule has 0 spiro atoms. The Kier molecular flexibility index (Phi) is 2.11. The van der Waals surface area contributed by atoms with Gasteiger partial charge in [0.05, 0.1) is 5.56 Å². The molecular formula is C11H11NOS. The Morgan fingerprint density at radius 1 is 1.21 bits per heavy atom. The lowest BCUT2D eigenvalue weighted by Gasteiger charge is -2.20. The average molecular weight is 205 g/mol. The van der Waals surface area contributed by atoms with E-state index in [1.165, 1.54) is 0 Å². The van der Waals surface area contributed by atoms with Crippen molar-refractivity contribution in [2.24, 2.45) is 0 Å². The van der Waals surface area contributed by atoms with E-state index in [0.717, 1.165) is 11.1 Å². The van der Waals surface area contributed by atoms with Crippen LogP contribution in [-0.4, -0.2) is 21.8 Å². The molecule has 0 fully saturated rings. The summed E-state index contributed by atoms with van der Waals surface area (Å²) < 4.78 is 0. The predicted octanol–water partition coefficient (Wildman–Crippen LogP) is 2.23. The zero-order valence-corrected chi connectivity index (χ0v) is 8.97. The van der Waals surface area contributed by atoms with Crippen molar-refractivity contribution in [3.63, 3.8) is 0 Å². The molecule has 1 aliphatic heterocycles. The second kappa shape index (κ2) is 3.17. The quantitative estimate of drug-likeness (QED) is 0.655. The van der Waals surface area contributed by atoms with E-state index in [9.17, 15) is 4.79 Å². The lowest BCUT2D eigenvalue weighted by Crippen LogP contribution is -2.35. The highest BCUT2D eigenvalue weighted by molar-refractivity contribution is 7.80. The molecular weight excluding hydrogens is 194 g/mol. The van der Waals surface area contributed by atoms with Crippen LogP contribution >= 0.6 is 12.2 Å². The molecule has 1 heterocycles. The van der Waals surface area contributed by atoms with Crippen molar-refractivity contribution in [3.8, 4) is 0 Å². The Labute approximate surface area is 88.5 Å². The van der Waals surface area contributed by atoms with Crippen molar-refractivity contribution in [2.45, 2.75) is 19.9 Å². The fraction of sp³-hybridized carbons (Fsp3) is 0.273. The zero-order valence-electron chi connectivity index (χ0n) is 8.15. The summed E-state index contributed by atoms with van der Waals surface area (Å²) in [4.78, 5) is 14.2. The van der Waals surface area contributed by atoms with Crippen LogP contribution in [0.2, 0.25) is 0 Å². The number of amides is 1. The van der Waals surface area contributed by atoms with Gasteiger partial charge in [-0.2, -0.15) is 0 Å². The van der Waals surface area contributed by atoms with E-state index < -0.39 is 0 Å². The third-order valence-electron chi connectivity index (χ3n) is 2.34. The first-order valence-corrected chi connectivity index (χ1v) is 5.00. The van der Waals surface area contributed by atoms with E-state index in [0.29, 0.717) is 4.99 Å². The summed E-state index contributed by atoms with van der Waals surface area (Å²) in [6.07, 6.45) is 0. The largest absolute Gasteiger partial charge is 0.296 e. The summed E-state index contributed by atoms with van der Waals surface area (Å²) in [5, 5.41) is 0. The Hall–Kier alpha value is -1.22. The number of hydrogen-bond donors (Lipinski definition) is 0. The molecule has 0 N–H and O–H groups in total. The summed E-state index contributed by atoms with van der Waals surface area (Å²) in [7, 11) is 0. The maximum atomic E-state index is 11.9. The second-order valence-corrected chi connectivity index (χ2v) is 4.01. The van der Waals surface area contributed by atoms with Gasteiger partial charge in [-0.1, -0.05) is 30.4 Å². The number of fused-ring (bicyclic) bond motifs is 1. The zero-order chi connectivity index (χ0) is 10.3. The van der Waals surface area contributed by atoms with Crippen molar-refractivity contribution < 1.29 is 4.79 Å². The van der Waals surface area contributed by atoms with Gasteiger partial charge in [0.2, 0.25) is 0 Å². The van der Waals surface area contributed by atoms with Crippen LogP contribution in [0.3, 0.4) is 0 Å². The number of rotatable bonds is 1. The molecule has 2 nitrogen and oxygen atoms in total. The first-order chi connectivity index (χ1) is 6.63. The van der Waals surface area contributed by atoms with E-state index in [-0.39, 0.29) is 11.9 Å². The number of carbonyl (C=O) groups excluding carboxylic acids is 1. The van der Waals surface area contributed by atoms with Gasteiger partial charge in [-0.15, -0.1) is 0 Å². The minimum Gasteiger partial charge on any atom is -0.296 e. The highest BCUT2D eigenvalue weighted by Crippen LogP contribution is 2.24. The summed E-state index contributed by atoms with van der Waals surface area (Å²) >= 11 is 5.25. The average Bonchev–Trinajstić information content (AvgIpc) is 2.41. The number of nitrogens with zero attached hydrogens (tertiary/aromatic N) is 1. The highest BCUT2D eigenvalue weighted by Gasteiger charge is 2.33. The number of hydrogen-bond acceptors (Lipinski definition) is 2. The van der Waals surface area contributed by atoms with Gasteiger partial charge in [-0.3, -0.25) is 9.69 Å². The van der Waals surface area contributed by atoms with E-state index in [4.69, 9.17) is 12.2 Å². The minimum atomic E-state index is 0.0283. The molecule has 14 heavy (non-hydrogen) atoms. The highest BCUT2D eigenvalue weighted by atomic mass is 32.1. The van der Waals surface area contributed by atoms with E-state index in [2.05, 4.69) is 0 Å². The third kappa shape index (κ3) is 1.16. The molecule has 3 heteroatoms. The second-order valence-electron chi connectivity index (χ2n) is 3.62. The van der Waals surface area contributed by atoms with Crippen LogP contribution in [0.5, 0.6) is 0 Å². The Morgan fingerprint density at radius 3 is 2.29 bits per heavy atom. The molecule has 0 aliphatic carbocycles. The normalized spacial score (nSPS) is 15.2. The standard InChI is InChI=1S/C11H11NOS/c1-7(2)12-10(13)8-5-3-4-6-9(8)11(12)14/h3-7H,1-2H3. The van der Waals surface area contributed by atoms with Crippen molar-refractivity contribution in [3.05, 3.63) is 35.4 Å². The fourth-order valence-corrected chi connectivity index (χ4v) is 2.15. The fourth-order valence-electron chi connectivity index (χ4n) is 1.68. The Morgan fingerprint density at radius 2 is 1.79 bits per heavy atom. The van der Waals surface area contributed by atoms with Gasteiger partial charge in [0.1, 0.15) is 4.99 Å². The van der Waals surface area contributed by atoms with Crippen LogP contribution in [0.4, 0.5) is 0 Å². The molecule has 0 saturated carbocycles. The first kappa shape index (κ1) is 9.34. The molecule has 72 valence electrons. The van der Waals surface area contributed by atoms with Crippen LogP contribution in [0.25, 0.3) is 0 Å². The Balaban J connectivity index is 2.54. The van der Waals surface area contributed by atoms with Crippen molar-refractivity contribution in [1.82, 2.24) is 4.90 Å². The van der Waals surface area contributed by atoms with Crippen molar-refractivity contribution in [1.29, 1.82) is 0 Å². The van der Waals surface area contributed by atoms with Crippen molar-refractivity contribution >= 4 is 23.1 Å². The topological polar surface area (TPSA) is 20.3 Å². The molecule has 2 rings (SSSR count). The molecule has 0 bridgehead atoms. The summed E-state index contributed by atoms with van der Waals surface area (Å²) in [5.41, 5.74) is 1.62. The van der Waals surface area contributed by atoms with Crippen LogP contribution in [0.15, 0.2) is 24.3 Å².